The molecular weight excluding hydrogens is 832 g/mol. The van der Waals surface area contributed by atoms with E-state index in [9.17, 15) is 23.2 Å². The molecule has 296 valence electrons. The molecule has 8 rings (SSSR count). The maximum absolute atomic E-state index is 13.2. The van der Waals surface area contributed by atoms with Crippen LogP contribution >= 0.6 is 30.1 Å². The smallest absolute Gasteiger partial charge is 0.326 e. The van der Waals surface area contributed by atoms with E-state index < -0.39 is 23.1 Å². The molecule has 0 aliphatic rings. The second kappa shape index (κ2) is 20.7. The molecule has 0 saturated carbocycles. The summed E-state index contributed by atoms with van der Waals surface area (Å²) in [6.07, 6.45) is 11.6. The van der Waals surface area contributed by atoms with E-state index in [-0.39, 0.29) is 24.0 Å². The average Bonchev–Trinajstić information content (AvgIpc) is 3.77. The van der Waals surface area contributed by atoms with Crippen LogP contribution in [0.25, 0.3) is 11.0 Å². The Morgan fingerprint density at radius 2 is 1.05 bits per heavy atom. The van der Waals surface area contributed by atoms with Gasteiger partial charge in [0, 0.05) is 78.3 Å². The summed E-state index contributed by atoms with van der Waals surface area (Å²) in [7, 11) is 14.8. The number of rotatable bonds is 10. The summed E-state index contributed by atoms with van der Waals surface area (Å²) in [6, 6.07) is 34.6. The SMILES string of the molecule is O=C(Cc1cc(Cc2ccc(F)cc2)n2ccccc12)Nc1ccncc1.O=C(Nc1ccncc1)C(=O)c1cc(Cc2ccc(F)cc2)n2ccccc12.[Cl][Al]([Cl])[Cl]. The molecule has 0 bridgehead atoms. The predicted octanol–water partition coefficient (Wildman–Crippen LogP) is 9.82. The number of fused-ring (bicyclic) bond motifs is 2. The van der Waals surface area contributed by atoms with Crippen LogP contribution in [0.4, 0.5) is 20.2 Å². The molecular formula is C44H34AlCl3F2N6O3. The molecule has 2 N–H and O–H groups in total. The van der Waals surface area contributed by atoms with Gasteiger partial charge in [-0.05, 0) is 102 Å². The summed E-state index contributed by atoms with van der Waals surface area (Å²) in [6.45, 7) is 0. The summed E-state index contributed by atoms with van der Waals surface area (Å²) >= 11 is -1.72. The maximum atomic E-state index is 13.2. The first kappa shape index (κ1) is 42.7. The lowest BCUT2D eigenvalue weighted by atomic mass is 10.1. The minimum absolute atomic E-state index is 0.0779. The van der Waals surface area contributed by atoms with Gasteiger partial charge in [0.1, 0.15) is 11.6 Å². The lowest BCUT2D eigenvalue weighted by Gasteiger charge is -2.04. The summed E-state index contributed by atoms with van der Waals surface area (Å²) in [5.41, 5.74) is 7.98. The van der Waals surface area contributed by atoms with Gasteiger partial charge in [-0.1, -0.05) is 36.4 Å². The van der Waals surface area contributed by atoms with Gasteiger partial charge in [0.05, 0.1) is 17.5 Å². The van der Waals surface area contributed by atoms with Gasteiger partial charge in [-0.2, -0.15) is 0 Å². The van der Waals surface area contributed by atoms with E-state index in [0.717, 1.165) is 39.3 Å². The van der Waals surface area contributed by atoms with Crippen LogP contribution < -0.4 is 10.6 Å². The highest BCUT2D eigenvalue weighted by Gasteiger charge is 2.22. The highest BCUT2D eigenvalue weighted by atomic mass is 35.8. The third kappa shape index (κ3) is 12.1. The van der Waals surface area contributed by atoms with Crippen molar-refractivity contribution in [3.05, 3.63) is 204 Å². The van der Waals surface area contributed by atoms with Crippen molar-refractivity contribution >= 4 is 81.5 Å². The quantitative estimate of drug-likeness (QED) is 0.0809. The molecule has 59 heavy (non-hydrogen) atoms. The van der Waals surface area contributed by atoms with Crippen molar-refractivity contribution in [3.63, 3.8) is 0 Å². The van der Waals surface area contributed by atoms with Crippen molar-refractivity contribution in [3.8, 4) is 0 Å². The molecule has 0 fully saturated rings. The average molecular weight is 866 g/mol. The zero-order valence-corrected chi connectivity index (χ0v) is 34.5. The molecule has 6 heterocycles. The van der Waals surface area contributed by atoms with Crippen LogP contribution in [0, 0.1) is 11.6 Å². The Hall–Kier alpha value is -5.87. The van der Waals surface area contributed by atoms with Crippen LogP contribution in [0.15, 0.2) is 159 Å². The van der Waals surface area contributed by atoms with Crippen molar-refractivity contribution < 1.29 is 23.2 Å². The number of carbonyl (C=O) groups is 3. The maximum Gasteiger partial charge on any atom is 0.643 e. The Kier molecular flexibility index (Phi) is 15.0. The minimum Gasteiger partial charge on any atom is -0.326 e. The van der Waals surface area contributed by atoms with Crippen molar-refractivity contribution in [2.24, 2.45) is 0 Å². The normalized spacial score (nSPS) is 10.5. The zero-order chi connectivity index (χ0) is 41.7. The minimum atomic E-state index is -1.72. The fourth-order valence-electron chi connectivity index (χ4n) is 6.30. The largest absolute Gasteiger partial charge is 0.643 e. The van der Waals surface area contributed by atoms with Crippen LogP contribution in [0.1, 0.15) is 38.4 Å². The van der Waals surface area contributed by atoms with Crippen LogP contribution in [0.2, 0.25) is 0 Å². The first-order valence-electron chi connectivity index (χ1n) is 18.1. The Bertz CT molecular complexity index is 2660. The zero-order valence-electron chi connectivity index (χ0n) is 31.1. The lowest BCUT2D eigenvalue weighted by molar-refractivity contribution is -0.115. The summed E-state index contributed by atoms with van der Waals surface area (Å²) < 4.78 is 30.3. The molecule has 6 aromatic heterocycles. The van der Waals surface area contributed by atoms with Gasteiger partial charge >= 0.3 is 11.4 Å². The molecule has 2 amide bonds. The van der Waals surface area contributed by atoms with Crippen molar-refractivity contribution in [2.75, 3.05) is 10.6 Å². The summed E-state index contributed by atoms with van der Waals surface area (Å²) in [4.78, 5) is 45.5. The molecule has 0 spiro atoms. The molecule has 15 heteroatoms. The third-order valence-electron chi connectivity index (χ3n) is 8.90. The number of carbonyl (C=O) groups excluding carboxylic acids is 3. The van der Waals surface area contributed by atoms with Gasteiger partial charge in [0.25, 0.3) is 11.7 Å². The number of amides is 2. The number of pyridine rings is 4. The van der Waals surface area contributed by atoms with Gasteiger partial charge in [-0.25, -0.2) is 38.9 Å². The van der Waals surface area contributed by atoms with Crippen molar-refractivity contribution in [1.82, 2.24) is 18.8 Å². The molecule has 0 aliphatic carbocycles. The van der Waals surface area contributed by atoms with E-state index in [1.54, 1.807) is 73.1 Å². The summed E-state index contributed by atoms with van der Waals surface area (Å²) in [5, 5.41) is 5.48. The van der Waals surface area contributed by atoms with Crippen LogP contribution in [-0.2, 0) is 28.9 Å². The fourth-order valence-corrected chi connectivity index (χ4v) is 6.30. The van der Waals surface area contributed by atoms with Gasteiger partial charge in [-0.3, -0.25) is 24.4 Å². The number of nitrogens with zero attached hydrogens (tertiary/aromatic N) is 4. The number of ketones is 1. The number of halogens is 5. The Morgan fingerprint density at radius 3 is 1.58 bits per heavy atom. The highest BCUT2D eigenvalue weighted by Crippen LogP contribution is 2.23. The predicted molar refractivity (Wildman–Crippen MR) is 230 cm³/mol. The lowest BCUT2D eigenvalue weighted by Crippen LogP contribution is -2.22. The van der Waals surface area contributed by atoms with Crippen LogP contribution in [0.3, 0.4) is 0 Å². The van der Waals surface area contributed by atoms with Crippen LogP contribution in [0.5, 0.6) is 0 Å². The van der Waals surface area contributed by atoms with Gasteiger partial charge in [0.2, 0.25) is 5.91 Å². The molecule has 0 aliphatic heterocycles. The Labute approximate surface area is 355 Å². The second-order valence-electron chi connectivity index (χ2n) is 13.0. The van der Waals surface area contributed by atoms with E-state index >= 15 is 0 Å². The second-order valence-corrected chi connectivity index (χ2v) is 19.4. The summed E-state index contributed by atoms with van der Waals surface area (Å²) in [5.74, 6) is -1.95. The third-order valence-corrected chi connectivity index (χ3v) is 8.90. The molecule has 0 radical (unpaired) electrons. The number of aromatic nitrogens is 4. The number of hydrogen-bond acceptors (Lipinski definition) is 5. The standard InChI is InChI=1S/C22H16FN3O2.C22H18FN3O.Al.3ClH/c23-16-6-4-15(5-7-16)13-18-14-19(20-3-1-2-12-26(18)20)21(27)22(28)25-17-8-10-24-11-9-17;23-18-6-4-16(5-7-18)13-20-14-17(21-3-1-2-12-26(20)21)15-22(27)25-19-8-10-24-11-9-19;;;;/h1-12,14H,13H2,(H,24,25,28);1-12,14H,13,15H2,(H,24,25,27);;3*1H/q;;+3;;;/p-3. The number of benzene rings is 2. The van der Waals surface area contributed by atoms with Gasteiger partial charge < -0.3 is 19.4 Å². The first-order valence-corrected chi connectivity index (χ1v) is 23.3. The van der Waals surface area contributed by atoms with E-state index in [1.807, 2.05) is 53.2 Å². The van der Waals surface area contributed by atoms with Crippen LogP contribution in [-0.4, -0.2) is 47.8 Å². The number of hydrogen-bond donors (Lipinski definition) is 2. The van der Waals surface area contributed by atoms with Gasteiger partial charge in [0.15, 0.2) is 0 Å². The number of anilines is 2. The van der Waals surface area contributed by atoms with Crippen molar-refractivity contribution in [1.29, 1.82) is 0 Å². The topological polar surface area (TPSA) is 110 Å². The Balaban J connectivity index is 0.000000182. The molecule has 0 unspecified atom stereocenters. The monoisotopic (exact) mass is 864 g/mol. The molecule has 0 atom stereocenters. The molecule has 2 aromatic carbocycles. The van der Waals surface area contributed by atoms with Crippen molar-refractivity contribution in [2.45, 2.75) is 19.3 Å². The van der Waals surface area contributed by atoms with E-state index in [1.165, 1.54) is 36.7 Å². The molecule has 0 saturated heterocycles. The number of Topliss-reactive ketones (excluding diaryl/α,β-unsaturated/α-hetero) is 1. The highest BCUT2D eigenvalue weighted by molar-refractivity contribution is 7.54. The first-order chi connectivity index (χ1) is 28.5. The fraction of sp³-hybridized carbons (Fsp3) is 0.0682. The van der Waals surface area contributed by atoms with E-state index in [4.69, 9.17) is 30.1 Å². The molecule has 8 aromatic rings. The Morgan fingerprint density at radius 1 is 0.593 bits per heavy atom. The van der Waals surface area contributed by atoms with Gasteiger partial charge in [-0.15, -0.1) is 0 Å². The molecule has 9 nitrogen and oxygen atoms in total. The number of nitrogens with one attached hydrogen (secondary N) is 2. The van der Waals surface area contributed by atoms with E-state index in [2.05, 4.69) is 25.0 Å². The van der Waals surface area contributed by atoms with E-state index in [0.29, 0.717) is 29.6 Å².